The van der Waals surface area contributed by atoms with Crippen LogP contribution in [0.15, 0.2) is 0 Å². The first-order valence-electron chi connectivity index (χ1n) is 5.79. The highest BCUT2D eigenvalue weighted by Crippen LogP contribution is 2.25. The molecule has 0 atom stereocenters. The first-order chi connectivity index (χ1) is 6.68. The minimum absolute atomic E-state index is 0.827. The summed E-state index contributed by atoms with van der Waals surface area (Å²) in [6.07, 6.45) is 3.54. The van der Waals surface area contributed by atoms with E-state index in [0.717, 1.165) is 19.6 Å². The van der Waals surface area contributed by atoms with Crippen molar-refractivity contribution < 1.29 is 0 Å². The van der Waals surface area contributed by atoms with Crippen LogP contribution in [0, 0.1) is 0 Å². The molecule has 0 aliphatic rings. The van der Waals surface area contributed by atoms with E-state index in [1.54, 1.807) is 0 Å². The maximum Gasteiger partial charge on any atom is 0.0506 e. The molecule has 0 aromatic carbocycles. The largest absolute Gasteiger partial charge is 0.330 e. The van der Waals surface area contributed by atoms with Gasteiger partial charge in [0, 0.05) is 0 Å². The molecule has 0 aliphatic carbocycles. The van der Waals surface area contributed by atoms with Gasteiger partial charge in [0.05, 0.1) is 8.07 Å². The van der Waals surface area contributed by atoms with Crippen molar-refractivity contribution in [2.75, 3.05) is 19.6 Å². The second-order valence-electron chi connectivity index (χ2n) is 4.49. The van der Waals surface area contributed by atoms with Crippen molar-refractivity contribution in [3.63, 3.8) is 0 Å². The van der Waals surface area contributed by atoms with E-state index < -0.39 is 8.07 Å². The molecule has 14 heavy (non-hydrogen) atoms. The van der Waals surface area contributed by atoms with Crippen molar-refractivity contribution >= 4 is 8.07 Å². The van der Waals surface area contributed by atoms with Gasteiger partial charge in [-0.15, -0.1) is 0 Å². The molecule has 0 rings (SSSR count). The van der Waals surface area contributed by atoms with Crippen molar-refractivity contribution in [1.29, 1.82) is 0 Å². The van der Waals surface area contributed by atoms with Gasteiger partial charge < -0.3 is 17.2 Å². The molecule has 0 aromatic heterocycles. The molecule has 0 amide bonds. The molecule has 0 heterocycles. The summed E-state index contributed by atoms with van der Waals surface area (Å²) in [5, 5.41) is 0. The Morgan fingerprint density at radius 2 is 1.00 bits per heavy atom. The normalized spacial score (nSPS) is 12.0. The summed E-state index contributed by atoms with van der Waals surface area (Å²) in [4.78, 5) is 0. The minimum Gasteiger partial charge on any atom is -0.330 e. The lowest BCUT2D eigenvalue weighted by Crippen LogP contribution is -2.31. The average Bonchev–Trinajstić information content (AvgIpc) is 2.21. The Bertz CT molecular complexity index is 109. The molecular weight excluding hydrogens is 190 g/mol. The van der Waals surface area contributed by atoms with Crippen molar-refractivity contribution in [2.45, 2.75) is 43.9 Å². The van der Waals surface area contributed by atoms with Crippen LogP contribution in [0.25, 0.3) is 0 Å². The summed E-state index contributed by atoms with van der Waals surface area (Å²) in [5.74, 6) is 0. The maximum atomic E-state index is 5.57. The molecule has 0 bridgehead atoms. The van der Waals surface area contributed by atoms with Crippen molar-refractivity contribution in [3.05, 3.63) is 0 Å². The zero-order valence-corrected chi connectivity index (χ0v) is 10.6. The zero-order valence-electron chi connectivity index (χ0n) is 9.60. The lowest BCUT2D eigenvalue weighted by atomic mass is 10.5. The van der Waals surface area contributed by atoms with E-state index >= 15 is 0 Å². The Morgan fingerprint density at radius 1 is 0.714 bits per heavy atom. The smallest absolute Gasteiger partial charge is 0.0506 e. The maximum absolute atomic E-state index is 5.57. The third-order valence-electron chi connectivity index (χ3n) is 2.95. The van der Waals surface area contributed by atoms with Gasteiger partial charge in [-0.05, 0) is 38.9 Å². The van der Waals surface area contributed by atoms with Crippen molar-refractivity contribution in [2.24, 2.45) is 17.2 Å². The zero-order chi connectivity index (χ0) is 10.9. The Labute approximate surface area is 89.4 Å². The lowest BCUT2D eigenvalue weighted by molar-refractivity contribution is 0.834. The van der Waals surface area contributed by atoms with Gasteiger partial charge in [0.2, 0.25) is 0 Å². The van der Waals surface area contributed by atoms with E-state index in [2.05, 4.69) is 6.55 Å². The molecule has 86 valence electrons. The van der Waals surface area contributed by atoms with Crippen molar-refractivity contribution in [3.8, 4) is 0 Å². The summed E-state index contributed by atoms with van der Waals surface area (Å²) >= 11 is 0. The second kappa shape index (κ2) is 8.41. The third-order valence-corrected chi connectivity index (χ3v) is 7.64. The third kappa shape index (κ3) is 6.54. The first-order valence-corrected chi connectivity index (χ1v) is 8.91. The fourth-order valence-electron chi connectivity index (χ4n) is 1.96. The molecular formula is C10H27N3Si. The standard InChI is InChI=1S/C10H27N3Si/c1-14(8-2-5-11,9-3-6-12)10-4-7-13/h2-13H2,1H3. The molecule has 0 saturated carbocycles. The Balaban J connectivity index is 3.89. The number of hydrogen-bond donors (Lipinski definition) is 3. The van der Waals surface area contributed by atoms with Gasteiger partial charge in [0.25, 0.3) is 0 Å². The molecule has 4 heteroatoms. The first kappa shape index (κ1) is 14.1. The number of rotatable bonds is 9. The number of nitrogens with two attached hydrogens (primary N) is 3. The summed E-state index contributed by atoms with van der Waals surface area (Å²) in [5.41, 5.74) is 16.7. The quantitative estimate of drug-likeness (QED) is 0.506. The van der Waals surface area contributed by atoms with Gasteiger partial charge in [-0.2, -0.15) is 0 Å². The van der Waals surface area contributed by atoms with Gasteiger partial charge in [-0.1, -0.05) is 24.7 Å². The van der Waals surface area contributed by atoms with Crippen LogP contribution in [0.5, 0.6) is 0 Å². The topological polar surface area (TPSA) is 78.1 Å². The number of hydrogen-bond acceptors (Lipinski definition) is 3. The molecule has 0 unspecified atom stereocenters. The summed E-state index contributed by atoms with van der Waals surface area (Å²) < 4.78 is 0. The SMILES string of the molecule is C[Si](CCCN)(CCCN)CCCN. The highest BCUT2D eigenvalue weighted by Gasteiger charge is 2.24. The molecule has 6 N–H and O–H groups in total. The summed E-state index contributed by atoms with van der Waals surface area (Å²) in [7, 11) is -1.05. The van der Waals surface area contributed by atoms with Crippen molar-refractivity contribution in [1.82, 2.24) is 0 Å². The highest BCUT2D eigenvalue weighted by atomic mass is 28.3. The van der Waals surface area contributed by atoms with E-state index in [4.69, 9.17) is 17.2 Å². The van der Waals surface area contributed by atoms with Gasteiger partial charge >= 0.3 is 0 Å². The van der Waals surface area contributed by atoms with Crippen LogP contribution in [0.3, 0.4) is 0 Å². The van der Waals surface area contributed by atoms with E-state index in [9.17, 15) is 0 Å². The second-order valence-corrected chi connectivity index (χ2v) is 9.61. The Morgan fingerprint density at radius 3 is 1.21 bits per heavy atom. The van der Waals surface area contributed by atoms with E-state index in [1.807, 2.05) is 0 Å². The van der Waals surface area contributed by atoms with E-state index in [0.29, 0.717) is 0 Å². The molecule has 0 aromatic rings. The molecule has 0 spiro atoms. The fraction of sp³-hybridized carbons (Fsp3) is 1.00. The van der Waals surface area contributed by atoms with Crippen LogP contribution in [0.1, 0.15) is 19.3 Å². The average molecular weight is 217 g/mol. The van der Waals surface area contributed by atoms with Gasteiger partial charge in [0.1, 0.15) is 0 Å². The van der Waals surface area contributed by atoms with Crippen LogP contribution in [0.4, 0.5) is 0 Å². The molecule has 0 saturated heterocycles. The summed E-state index contributed by atoms with van der Waals surface area (Å²) in [6.45, 7) is 4.96. The van der Waals surface area contributed by atoms with E-state index in [-0.39, 0.29) is 0 Å². The summed E-state index contributed by atoms with van der Waals surface area (Å²) in [6, 6.07) is 4.05. The van der Waals surface area contributed by atoms with Crippen LogP contribution in [0.2, 0.25) is 24.7 Å². The fourth-order valence-corrected chi connectivity index (χ4v) is 5.88. The Kier molecular flexibility index (Phi) is 8.47. The monoisotopic (exact) mass is 217 g/mol. The van der Waals surface area contributed by atoms with Crippen LogP contribution >= 0.6 is 0 Å². The molecule has 0 fully saturated rings. The highest BCUT2D eigenvalue weighted by molar-refractivity contribution is 6.78. The molecule has 0 radical (unpaired) electrons. The van der Waals surface area contributed by atoms with Gasteiger partial charge in [0.15, 0.2) is 0 Å². The van der Waals surface area contributed by atoms with Gasteiger partial charge in [-0.3, -0.25) is 0 Å². The molecule has 0 aliphatic heterocycles. The Hall–Kier alpha value is 0.0969. The predicted octanol–water partition coefficient (Wildman–Crippen LogP) is 1.11. The van der Waals surface area contributed by atoms with Gasteiger partial charge in [-0.25, -0.2) is 0 Å². The minimum atomic E-state index is -1.05. The van der Waals surface area contributed by atoms with E-state index in [1.165, 1.54) is 37.4 Å². The van der Waals surface area contributed by atoms with Crippen LogP contribution in [-0.2, 0) is 0 Å². The lowest BCUT2D eigenvalue weighted by Gasteiger charge is -2.27. The van der Waals surface area contributed by atoms with Crippen LogP contribution in [-0.4, -0.2) is 27.7 Å². The molecule has 3 nitrogen and oxygen atoms in total. The predicted molar refractivity (Wildman–Crippen MR) is 67.1 cm³/mol. The van der Waals surface area contributed by atoms with Crippen LogP contribution < -0.4 is 17.2 Å².